The quantitative estimate of drug-likeness (QED) is 0.246. The first kappa shape index (κ1) is 24.7. The summed E-state index contributed by atoms with van der Waals surface area (Å²) in [7, 11) is 0. The molecule has 0 bridgehead atoms. The van der Waals surface area contributed by atoms with E-state index >= 15 is 0 Å². The van der Waals surface area contributed by atoms with Crippen molar-refractivity contribution in [1.82, 2.24) is 5.43 Å². The molecule has 0 aliphatic rings. The summed E-state index contributed by atoms with van der Waals surface area (Å²) in [5, 5.41) is 15.2. The summed E-state index contributed by atoms with van der Waals surface area (Å²) in [6.45, 7) is 2.33. The zero-order chi connectivity index (χ0) is 24.5. The van der Waals surface area contributed by atoms with Gasteiger partial charge in [0.15, 0.2) is 11.5 Å². The SMILES string of the molecule is CCOc1cc(C=NNC(=O)Cc2ccccc2[N+](=O)[O-])cc(Cl)c1OCc1ccc(F)cc1. The Kier molecular flexibility index (Phi) is 8.53. The van der Waals surface area contributed by atoms with Crippen molar-refractivity contribution in [2.45, 2.75) is 20.0 Å². The van der Waals surface area contributed by atoms with E-state index in [9.17, 15) is 19.3 Å². The van der Waals surface area contributed by atoms with Gasteiger partial charge in [0, 0.05) is 11.6 Å². The van der Waals surface area contributed by atoms with Crippen LogP contribution in [0.5, 0.6) is 11.5 Å². The molecule has 0 heterocycles. The smallest absolute Gasteiger partial charge is 0.273 e. The number of carbonyl (C=O) groups is 1. The number of ether oxygens (including phenoxy) is 2. The predicted octanol–water partition coefficient (Wildman–Crippen LogP) is 5.06. The van der Waals surface area contributed by atoms with Gasteiger partial charge in [-0.1, -0.05) is 41.9 Å². The molecule has 3 aromatic rings. The molecule has 0 atom stereocenters. The topological polar surface area (TPSA) is 103 Å². The Morgan fingerprint density at radius 2 is 1.91 bits per heavy atom. The van der Waals surface area contributed by atoms with E-state index in [1.165, 1.54) is 36.5 Å². The van der Waals surface area contributed by atoms with Crippen molar-refractivity contribution in [2.24, 2.45) is 5.10 Å². The van der Waals surface area contributed by atoms with Crippen LogP contribution in [0.2, 0.25) is 5.02 Å². The van der Waals surface area contributed by atoms with E-state index in [0.29, 0.717) is 23.7 Å². The normalized spacial score (nSPS) is 10.8. The lowest BCUT2D eigenvalue weighted by Crippen LogP contribution is -2.20. The minimum absolute atomic E-state index is 0.133. The van der Waals surface area contributed by atoms with E-state index in [2.05, 4.69) is 10.5 Å². The monoisotopic (exact) mass is 485 g/mol. The summed E-state index contributed by atoms with van der Waals surface area (Å²) in [6, 6.07) is 15.1. The molecule has 3 rings (SSSR count). The van der Waals surface area contributed by atoms with Gasteiger partial charge in [-0.25, -0.2) is 9.82 Å². The lowest BCUT2D eigenvalue weighted by Gasteiger charge is -2.14. The van der Waals surface area contributed by atoms with Crippen LogP contribution in [0, 0.1) is 15.9 Å². The molecule has 3 aromatic carbocycles. The zero-order valence-electron chi connectivity index (χ0n) is 18.2. The Bertz CT molecular complexity index is 1200. The highest BCUT2D eigenvalue weighted by atomic mass is 35.5. The molecule has 0 saturated carbocycles. The fourth-order valence-corrected chi connectivity index (χ4v) is 3.31. The van der Waals surface area contributed by atoms with Crippen LogP contribution in [0.3, 0.4) is 0 Å². The Morgan fingerprint density at radius 3 is 2.62 bits per heavy atom. The lowest BCUT2D eigenvalue weighted by atomic mass is 10.1. The average molecular weight is 486 g/mol. The maximum absolute atomic E-state index is 13.1. The molecule has 0 aliphatic carbocycles. The molecule has 8 nitrogen and oxygen atoms in total. The summed E-state index contributed by atoms with van der Waals surface area (Å²) in [5.41, 5.74) is 3.79. The minimum atomic E-state index is -0.539. The number of nitrogens with zero attached hydrogens (tertiary/aromatic N) is 2. The molecule has 0 spiro atoms. The van der Waals surface area contributed by atoms with Gasteiger partial charge in [-0.3, -0.25) is 14.9 Å². The average Bonchev–Trinajstić information content (AvgIpc) is 2.80. The van der Waals surface area contributed by atoms with E-state index in [1.54, 1.807) is 37.3 Å². The molecule has 0 saturated heterocycles. The van der Waals surface area contributed by atoms with Gasteiger partial charge in [-0.15, -0.1) is 0 Å². The Balaban J connectivity index is 1.67. The number of hydrogen-bond acceptors (Lipinski definition) is 6. The van der Waals surface area contributed by atoms with Crippen LogP contribution in [0.15, 0.2) is 65.8 Å². The third-order valence-corrected chi connectivity index (χ3v) is 4.85. The second kappa shape index (κ2) is 11.8. The summed E-state index contributed by atoms with van der Waals surface area (Å²) < 4.78 is 24.5. The van der Waals surface area contributed by atoms with E-state index in [1.807, 2.05) is 0 Å². The van der Waals surface area contributed by atoms with Crippen molar-refractivity contribution >= 4 is 29.4 Å². The van der Waals surface area contributed by atoms with Crippen LogP contribution in [0.25, 0.3) is 0 Å². The molecule has 10 heteroatoms. The number of benzene rings is 3. The first-order chi connectivity index (χ1) is 16.4. The van der Waals surface area contributed by atoms with Gasteiger partial charge in [0.25, 0.3) is 5.69 Å². The number of nitro benzene ring substituents is 1. The number of nitro groups is 1. The first-order valence-corrected chi connectivity index (χ1v) is 10.6. The number of hydrazone groups is 1. The second-order valence-electron chi connectivity index (χ2n) is 7.03. The Labute approximate surface area is 200 Å². The standard InChI is InChI=1S/C24H21ClFN3O5/c1-2-33-22-12-17(11-20(25)24(22)34-15-16-7-9-19(26)10-8-16)14-27-28-23(30)13-18-5-3-4-6-21(18)29(31)32/h3-12,14H,2,13,15H2,1H3,(H,28,30). The van der Waals surface area contributed by atoms with Crippen molar-refractivity contribution in [1.29, 1.82) is 0 Å². The molecule has 0 radical (unpaired) electrons. The molecule has 0 unspecified atom stereocenters. The Hall–Kier alpha value is -3.98. The number of hydrogen-bond donors (Lipinski definition) is 1. The maximum atomic E-state index is 13.1. The summed E-state index contributed by atoms with van der Waals surface area (Å²) in [6.07, 6.45) is 1.17. The largest absolute Gasteiger partial charge is 0.490 e. The van der Waals surface area contributed by atoms with E-state index in [4.69, 9.17) is 21.1 Å². The number of carbonyl (C=O) groups excluding carboxylic acids is 1. The fourth-order valence-electron chi connectivity index (χ4n) is 3.03. The predicted molar refractivity (Wildman–Crippen MR) is 126 cm³/mol. The minimum Gasteiger partial charge on any atom is -0.490 e. The van der Waals surface area contributed by atoms with Crippen LogP contribution in [0.1, 0.15) is 23.6 Å². The molecular formula is C24H21ClFN3O5. The second-order valence-corrected chi connectivity index (χ2v) is 7.44. The van der Waals surface area contributed by atoms with Crippen LogP contribution in [-0.2, 0) is 17.8 Å². The van der Waals surface area contributed by atoms with Gasteiger partial charge in [-0.05, 0) is 42.3 Å². The van der Waals surface area contributed by atoms with E-state index in [0.717, 1.165) is 5.56 Å². The maximum Gasteiger partial charge on any atom is 0.273 e. The van der Waals surface area contributed by atoms with Crippen molar-refractivity contribution in [3.63, 3.8) is 0 Å². The van der Waals surface area contributed by atoms with Crippen molar-refractivity contribution in [3.05, 3.63) is 98.3 Å². The lowest BCUT2D eigenvalue weighted by molar-refractivity contribution is -0.385. The first-order valence-electron chi connectivity index (χ1n) is 10.2. The van der Waals surface area contributed by atoms with Gasteiger partial charge in [0.05, 0.1) is 29.2 Å². The summed E-state index contributed by atoms with van der Waals surface area (Å²) in [5.74, 6) is -0.148. The number of amides is 1. The van der Waals surface area contributed by atoms with Crippen molar-refractivity contribution in [3.8, 4) is 11.5 Å². The molecular weight excluding hydrogens is 465 g/mol. The van der Waals surface area contributed by atoms with Gasteiger partial charge < -0.3 is 9.47 Å². The zero-order valence-corrected chi connectivity index (χ0v) is 18.9. The third kappa shape index (κ3) is 6.76. The third-order valence-electron chi connectivity index (χ3n) is 4.57. The van der Waals surface area contributed by atoms with Crippen molar-refractivity contribution < 1.29 is 23.6 Å². The highest BCUT2D eigenvalue weighted by Crippen LogP contribution is 2.37. The summed E-state index contributed by atoms with van der Waals surface area (Å²) >= 11 is 6.38. The van der Waals surface area contributed by atoms with Gasteiger partial charge in [0.2, 0.25) is 5.91 Å². The molecule has 0 aliphatic heterocycles. The van der Waals surface area contributed by atoms with Gasteiger partial charge >= 0.3 is 0 Å². The molecule has 34 heavy (non-hydrogen) atoms. The number of nitrogens with one attached hydrogen (secondary N) is 1. The van der Waals surface area contributed by atoms with E-state index < -0.39 is 10.8 Å². The molecule has 1 N–H and O–H groups in total. The Morgan fingerprint density at radius 1 is 1.18 bits per heavy atom. The highest BCUT2D eigenvalue weighted by molar-refractivity contribution is 6.32. The van der Waals surface area contributed by atoms with Crippen LogP contribution < -0.4 is 14.9 Å². The van der Waals surface area contributed by atoms with Gasteiger partial charge in [-0.2, -0.15) is 5.10 Å². The summed E-state index contributed by atoms with van der Waals surface area (Å²) in [4.78, 5) is 22.7. The van der Waals surface area contributed by atoms with Gasteiger partial charge in [0.1, 0.15) is 12.4 Å². The molecule has 176 valence electrons. The van der Waals surface area contributed by atoms with E-state index in [-0.39, 0.29) is 35.1 Å². The molecule has 1 amide bonds. The van der Waals surface area contributed by atoms with Crippen LogP contribution in [-0.4, -0.2) is 23.7 Å². The highest BCUT2D eigenvalue weighted by Gasteiger charge is 2.15. The fraction of sp³-hybridized carbons (Fsp3) is 0.167. The van der Waals surface area contributed by atoms with Crippen molar-refractivity contribution in [2.75, 3.05) is 6.61 Å². The number of para-hydroxylation sites is 1. The number of rotatable bonds is 10. The number of halogens is 2. The van der Waals surface area contributed by atoms with Crippen LogP contribution >= 0.6 is 11.6 Å². The molecule has 0 fully saturated rings. The molecule has 0 aromatic heterocycles. The van der Waals surface area contributed by atoms with Crippen LogP contribution in [0.4, 0.5) is 10.1 Å².